The summed E-state index contributed by atoms with van der Waals surface area (Å²) in [6, 6.07) is -0.475. The number of carbonyl (C=O) groups is 3. The zero-order valence-electron chi connectivity index (χ0n) is 12.2. The molecule has 0 saturated carbocycles. The summed E-state index contributed by atoms with van der Waals surface area (Å²) in [7, 11) is 1.47. The summed E-state index contributed by atoms with van der Waals surface area (Å²) in [5, 5.41) is 7.43. The molecule has 1 unspecified atom stereocenters. The van der Waals surface area contributed by atoms with Gasteiger partial charge in [-0.25, -0.2) is 4.79 Å². The molecular formula is C13H24N4O3. The standard InChI is InChI=1S/C13H24N4O3/c1-10(18)15-8-11-4-3-6-17(9-11)7-5-12(19)16-13(20)14-2/h11H,3-9H2,1-2H3,(H,15,18)(H2,14,16,19,20). The van der Waals surface area contributed by atoms with Gasteiger partial charge < -0.3 is 15.5 Å². The minimum atomic E-state index is -0.475. The van der Waals surface area contributed by atoms with Crippen molar-refractivity contribution in [1.29, 1.82) is 0 Å². The zero-order valence-corrected chi connectivity index (χ0v) is 12.2. The first kappa shape index (κ1) is 16.4. The van der Waals surface area contributed by atoms with Crippen molar-refractivity contribution in [3.05, 3.63) is 0 Å². The maximum Gasteiger partial charge on any atom is 0.321 e. The van der Waals surface area contributed by atoms with Crippen molar-refractivity contribution in [3.8, 4) is 0 Å². The first-order valence-electron chi connectivity index (χ1n) is 6.99. The number of nitrogens with zero attached hydrogens (tertiary/aromatic N) is 1. The van der Waals surface area contributed by atoms with Crippen molar-refractivity contribution < 1.29 is 14.4 Å². The molecule has 7 nitrogen and oxygen atoms in total. The van der Waals surface area contributed by atoms with Gasteiger partial charge in [0.15, 0.2) is 0 Å². The molecule has 0 radical (unpaired) electrons. The van der Waals surface area contributed by atoms with Gasteiger partial charge >= 0.3 is 6.03 Å². The van der Waals surface area contributed by atoms with Crippen molar-refractivity contribution in [2.24, 2.45) is 5.92 Å². The Balaban J connectivity index is 2.24. The van der Waals surface area contributed by atoms with Gasteiger partial charge in [0.1, 0.15) is 0 Å². The minimum absolute atomic E-state index is 0.00733. The van der Waals surface area contributed by atoms with Crippen LogP contribution < -0.4 is 16.0 Å². The number of carbonyl (C=O) groups excluding carboxylic acids is 3. The Labute approximate surface area is 119 Å². The van der Waals surface area contributed by atoms with Gasteiger partial charge in [-0.2, -0.15) is 0 Å². The Morgan fingerprint density at radius 1 is 1.30 bits per heavy atom. The Kier molecular flexibility index (Phi) is 7.00. The first-order valence-corrected chi connectivity index (χ1v) is 6.99. The fourth-order valence-electron chi connectivity index (χ4n) is 2.32. The molecular weight excluding hydrogens is 260 g/mol. The quantitative estimate of drug-likeness (QED) is 0.645. The van der Waals surface area contributed by atoms with E-state index in [1.807, 2.05) is 0 Å². The largest absolute Gasteiger partial charge is 0.356 e. The predicted molar refractivity (Wildman–Crippen MR) is 75.1 cm³/mol. The van der Waals surface area contributed by atoms with E-state index in [-0.39, 0.29) is 11.8 Å². The smallest absolute Gasteiger partial charge is 0.321 e. The average Bonchev–Trinajstić information content (AvgIpc) is 2.43. The fraction of sp³-hybridized carbons (Fsp3) is 0.769. The highest BCUT2D eigenvalue weighted by Gasteiger charge is 2.20. The van der Waals surface area contributed by atoms with Crippen LogP contribution in [0.25, 0.3) is 0 Å². The molecule has 1 fully saturated rings. The van der Waals surface area contributed by atoms with E-state index in [1.54, 1.807) is 0 Å². The van der Waals surface area contributed by atoms with Crippen molar-refractivity contribution in [2.75, 3.05) is 33.2 Å². The molecule has 0 aromatic carbocycles. The first-order chi connectivity index (χ1) is 9.51. The monoisotopic (exact) mass is 284 g/mol. The highest BCUT2D eigenvalue weighted by molar-refractivity contribution is 5.94. The number of likely N-dealkylation sites (tertiary alicyclic amines) is 1. The third-order valence-corrected chi connectivity index (χ3v) is 3.38. The maximum atomic E-state index is 11.5. The van der Waals surface area contributed by atoms with E-state index in [1.165, 1.54) is 14.0 Å². The summed E-state index contributed by atoms with van der Waals surface area (Å²) in [4.78, 5) is 35.6. The SMILES string of the molecule is CNC(=O)NC(=O)CCN1CCCC(CNC(C)=O)C1. The molecule has 20 heavy (non-hydrogen) atoms. The third-order valence-electron chi connectivity index (χ3n) is 3.38. The fourth-order valence-corrected chi connectivity index (χ4v) is 2.32. The van der Waals surface area contributed by atoms with Crippen LogP contribution in [-0.2, 0) is 9.59 Å². The molecule has 114 valence electrons. The number of imide groups is 1. The van der Waals surface area contributed by atoms with Gasteiger partial charge in [0, 0.05) is 40.0 Å². The third kappa shape index (κ3) is 6.51. The summed E-state index contributed by atoms with van der Waals surface area (Å²) in [5.74, 6) is 0.162. The summed E-state index contributed by atoms with van der Waals surface area (Å²) >= 11 is 0. The summed E-state index contributed by atoms with van der Waals surface area (Å²) in [6.45, 7) is 4.69. The molecule has 1 rings (SSSR count). The van der Waals surface area contributed by atoms with Gasteiger partial charge in [-0.05, 0) is 25.3 Å². The van der Waals surface area contributed by atoms with Gasteiger partial charge in [-0.1, -0.05) is 0 Å². The lowest BCUT2D eigenvalue weighted by Crippen LogP contribution is -2.43. The van der Waals surface area contributed by atoms with Crippen LogP contribution in [0.5, 0.6) is 0 Å². The van der Waals surface area contributed by atoms with Gasteiger partial charge in [0.2, 0.25) is 11.8 Å². The van der Waals surface area contributed by atoms with Crippen LogP contribution in [0.2, 0.25) is 0 Å². The number of nitrogens with one attached hydrogen (secondary N) is 3. The predicted octanol–water partition coefficient (Wildman–Crippen LogP) is -0.320. The van der Waals surface area contributed by atoms with Crippen LogP contribution in [0.3, 0.4) is 0 Å². The Morgan fingerprint density at radius 2 is 2.05 bits per heavy atom. The Hall–Kier alpha value is -1.63. The molecule has 1 atom stereocenters. The van der Waals surface area contributed by atoms with Crippen LogP contribution >= 0.6 is 0 Å². The molecule has 0 bridgehead atoms. The number of piperidine rings is 1. The van der Waals surface area contributed by atoms with E-state index < -0.39 is 6.03 Å². The van der Waals surface area contributed by atoms with Crippen LogP contribution in [0.4, 0.5) is 4.79 Å². The zero-order chi connectivity index (χ0) is 15.0. The number of rotatable bonds is 5. The number of amides is 4. The molecule has 7 heteroatoms. The van der Waals surface area contributed by atoms with E-state index in [0.29, 0.717) is 25.4 Å². The summed E-state index contributed by atoms with van der Waals surface area (Å²) in [5.41, 5.74) is 0. The molecule has 1 heterocycles. The van der Waals surface area contributed by atoms with Gasteiger partial charge in [-0.15, -0.1) is 0 Å². The maximum absolute atomic E-state index is 11.5. The highest BCUT2D eigenvalue weighted by Crippen LogP contribution is 2.15. The van der Waals surface area contributed by atoms with E-state index >= 15 is 0 Å². The van der Waals surface area contributed by atoms with Crippen molar-refractivity contribution in [2.45, 2.75) is 26.2 Å². The molecule has 1 saturated heterocycles. The van der Waals surface area contributed by atoms with Crippen LogP contribution in [0.15, 0.2) is 0 Å². The van der Waals surface area contributed by atoms with Gasteiger partial charge in [0.05, 0.1) is 0 Å². The van der Waals surface area contributed by atoms with Crippen molar-refractivity contribution in [1.82, 2.24) is 20.9 Å². The lowest BCUT2D eigenvalue weighted by molar-refractivity contribution is -0.120. The average molecular weight is 284 g/mol. The second kappa shape index (κ2) is 8.52. The molecule has 0 aromatic rings. The normalized spacial score (nSPS) is 19.2. The molecule has 0 aliphatic carbocycles. The molecule has 1 aliphatic heterocycles. The minimum Gasteiger partial charge on any atom is -0.356 e. The summed E-state index contributed by atoms with van der Waals surface area (Å²) < 4.78 is 0. The van der Waals surface area contributed by atoms with Gasteiger partial charge in [0.25, 0.3) is 0 Å². The van der Waals surface area contributed by atoms with E-state index in [0.717, 1.165) is 25.9 Å². The van der Waals surface area contributed by atoms with Crippen LogP contribution in [0.1, 0.15) is 26.2 Å². The summed E-state index contributed by atoms with van der Waals surface area (Å²) in [6.07, 6.45) is 2.48. The van der Waals surface area contributed by atoms with Gasteiger partial charge in [-0.3, -0.25) is 14.9 Å². The number of hydrogen-bond donors (Lipinski definition) is 3. The number of hydrogen-bond acceptors (Lipinski definition) is 4. The molecule has 4 amide bonds. The van der Waals surface area contributed by atoms with Crippen LogP contribution in [-0.4, -0.2) is 56.0 Å². The second-order valence-corrected chi connectivity index (χ2v) is 5.12. The topological polar surface area (TPSA) is 90.5 Å². The number of urea groups is 1. The lowest BCUT2D eigenvalue weighted by atomic mass is 9.98. The molecule has 0 aromatic heterocycles. The molecule has 1 aliphatic rings. The van der Waals surface area contributed by atoms with Crippen molar-refractivity contribution in [3.63, 3.8) is 0 Å². The lowest BCUT2D eigenvalue weighted by Gasteiger charge is -2.32. The van der Waals surface area contributed by atoms with E-state index in [4.69, 9.17) is 0 Å². The second-order valence-electron chi connectivity index (χ2n) is 5.12. The van der Waals surface area contributed by atoms with Crippen molar-refractivity contribution >= 4 is 17.8 Å². The van der Waals surface area contributed by atoms with E-state index in [9.17, 15) is 14.4 Å². The molecule has 0 spiro atoms. The Morgan fingerprint density at radius 3 is 2.70 bits per heavy atom. The van der Waals surface area contributed by atoms with Crippen LogP contribution in [0, 0.1) is 5.92 Å². The Bertz CT molecular complexity index is 360. The molecule has 3 N–H and O–H groups in total. The van der Waals surface area contributed by atoms with E-state index in [2.05, 4.69) is 20.9 Å². The highest BCUT2D eigenvalue weighted by atomic mass is 16.2.